The Morgan fingerprint density at radius 3 is 2.41 bits per heavy atom. The second kappa shape index (κ2) is 9.45. The molecule has 0 radical (unpaired) electrons. The smallest absolute Gasteiger partial charge is 0.422 e. The number of carbonyl (C=O) groups excluding carboxylic acids is 2. The van der Waals surface area contributed by atoms with E-state index in [1.54, 1.807) is 18.2 Å². The Balaban J connectivity index is 1.92. The molecule has 152 valence electrons. The number of carbonyl (C=O) groups is 2. The predicted octanol–water partition coefficient (Wildman–Crippen LogP) is 2.88. The third kappa shape index (κ3) is 6.73. The molecule has 0 atom stereocenters. The minimum atomic E-state index is -4.54. The van der Waals surface area contributed by atoms with Crippen molar-refractivity contribution in [3.63, 3.8) is 0 Å². The van der Waals surface area contributed by atoms with Crippen LogP contribution in [0.25, 0.3) is 0 Å². The zero-order valence-corrected chi connectivity index (χ0v) is 15.2. The zero-order chi connectivity index (χ0) is 21.4. The maximum Gasteiger partial charge on any atom is 0.422 e. The van der Waals surface area contributed by atoms with Crippen molar-refractivity contribution in [2.75, 3.05) is 25.6 Å². The lowest BCUT2D eigenvalue weighted by Gasteiger charge is -2.12. The summed E-state index contributed by atoms with van der Waals surface area (Å²) in [5.41, 5.74) is 0.329. The van der Waals surface area contributed by atoms with Gasteiger partial charge in [0.1, 0.15) is 17.6 Å². The van der Waals surface area contributed by atoms with E-state index in [2.05, 4.69) is 15.4 Å². The third-order valence-corrected chi connectivity index (χ3v) is 3.54. The number of ether oxygens (including phenoxy) is 2. The number of benzene rings is 2. The average molecular weight is 407 g/mol. The first-order valence-corrected chi connectivity index (χ1v) is 8.17. The van der Waals surface area contributed by atoms with Gasteiger partial charge >= 0.3 is 6.18 Å². The lowest BCUT2D eigenvalue weighted by Crippen LogP contribution is -2.32. The molecule has 0 unspecified atom stereocenters. The van der Waals surface area contributed by atoms with E-state index < -0.39 is 24.6 Å². The third-order valence-electron chi connectivity index (χ3n) is 3.54. The number of hydrogen-bond donors (Lipinski definition) is 2. The van der Waals surface area contributed by atoms with Crippen molar-refractivity contribution in [1.29, 1.82) is 5.26 Å². The van der Waals surface area contributed by atoms with E-state index in [-0.39, 0.29) is 23.5 Å². The lowest BCUT2D eigenvalue weighted by molar-refractivity contribution is -0.153. The fourth-order valence-corrected chi connectivity index (χ4v) is 2.19. The van der Waals surface area contributed by atoms with Crippen LogP contribution in [-0.2, 0) is 4.79 Å². The summed E-state index contributed by atoms with van der Waals surface area (Å²) in [7, 11) is 1.49. The molecule has 0 aliphatic rings. The maximum atomic E-state index is 12.2. The van der Waals surface area contributed by atoms with Crippen LogP contribution in [0.3, 0.4) is 0 Å². The van der Waals surface area contributed by atoms with Gasteiger partial charge in [0.25, 0.3) is 5.91 Å². The quantitative estimate of drug-likeness (QED) is 0.735. The molecule has 0 bridgehead atoms. The fraction of sp³-hybridized carbons (Fsp3) is 0.211. The lowest BCUT2D eigenvalue weighted by atomic mass is 10.2. The summed E-state index contributed by atoms with van der Waals surface area (Å²) in [5.74, 6) is -0.734. The molecule has 0 aliphatic carbocycles. The van der Waals surface area contributed by atoms with Crippen LogP contribution in [-0.4, -0.2) is 38.3 Å². The van der Waals surface area contributed by atoms with Gasteiger partial charge in [-0.1, -0.05) is 0 Å². The number of amides is 2. The van der Waals surface area contributed by atoms with Gasteiger partial charge in [-0.25, -0.2) is 0 Å². The second-order valence-corrected chi connectivity index (χ2v) is 5.69. The van der Waals surface area contributed by atoms with Crippen molar-refractivity contribution in [3.8, 4) is 17.6 Å². The molecule has 7 nitrogen and oxygen atoms in total. The molecular formula is C19H16F3N3O4. The minimum absolute atomic E-state index is 0.171. The van der Waals surface area contributed by atoms with Gasteiger partial charge in [-0.2, -0.15) is 18.4 Å². The first kappa shape index (κ1) is 21.6. The summed E-state index contributed by atoms with van der Waals surface area (Å²) < 4.78 is 46.3. The maximum absolute atomic E-state index is 12.2. The van der Waals surface area contributed by atoms with Crippen molar-refractivity contribution in [2.45, 2.75) is 6.18 Å². The molecule has 0 aromatic heterocycles. The van der Waals surface area contributed by atoms with E-state index in [0.717, 1.165) is 6.07 Å². The number of methoxy groups -OCH3 is 1. The summed E-state index contributed by atoms with van der Waals surface area (Å²) in [4.78, 5) is 24.0. The Hall–Kier alpha value is -3.74. The van der Waals surface area contributed by atoms with Gasteiger partial charge in [0, 0.05) is 11.3 Å². The number of nitriles is 1. The molecule has 0 spiro atoms. The summed E-state index contributed by atoms with van der Waals surface area (Å²) in [5, 5.41) is 13.9. The Bertz CT molecular complexity index is 922. The van der Waals surface area contributed by atoms with E-state index in [0.29, 0.717) is 11.3 Å². The van der Waals surface area contributed by atoms with Gasteiger partial charge in [0.15, 0.2) is 6.61 Å². The first-order chi connectivity index (χ1) is 13.7. The van der Waals surface area contributed by atoms with Crippen LogP contribution in [0, 0.1) is 11.3 Å². The Labute approximate surface area is 164 Å². The highest BCUT2D eigenvalue weighted by molar-refractivity contribution is 5.99. The molecule has 0 fully saturated rings. The highest BCUT2D eigenvalue weighted by Crippen LogP contribution is 2.24. The molecular weight excluding hydrogens is 391 g/mol. The summed E-state index contributed by atoms with van der Waals surface area (Å²) >= 11 is 0. The molecule has 10 heteroatoms. The number of nitrogens with zero attached hydrogens (tertiary/aromatic N) is 1. The largest absolute Gasteiger partial charge is 0.497 e. The molecule has 2 amide bonds. The number of nitrogens with one attached hydrogen (secondary N) is 2. The van der Waals surface area contributed by atoms with E-state index in [1.165, 1.54) is 31.4 Å². The normalized spacial score (nSPS) is 10.6. The van der Waals surface area contributed by atoms with Crippen molar-refractivity contribution in [3.05, 3.63) is 53.6 Å². The molecule has 2 N–H and O–H groups in total. The van der Waals surface area contributed by atoms with Crippen molar-refractivity contribution < 1.29 is 32.2 Å². The van der Waals surface area contributed by atoms with E-state index in [9.17, 15) is 22.8 Å². The second-order valence-electron chi connectivity index (χ2n) is 5.69. The van der Waals surface area contributed by atoms with Crippen molar-refractivity contribution in [1.82, 2.24) is 5.32 Å². The van der Waals surface area contributed by atoms with Crippen LogP contribution in [0.1, 0.15) is 15.9 Å². The van der Waals surface area contributed by atoms with Crippen LogP contribution < -0.4 is 20.1 Å². The molecule has 2 rings (SSSR count). The van der Waals surface area contributed by atoms with Crippen LogP contribution in [0.4, 0.5) is 18.9 Å². The van der Waals surface area contributed by atoms with Gasteiger partial charge in [-0.15, -0.1) is 0 Å². The van der Waals surface area contributed by atoms with Gasteiger partial charge in [-0.3, -0.25) is 9.59 Å². The molecule has 0 aliphatic heterocycles. The van der Waals surface area contributed by atoms with Gasteiger partial charge in [0.2, 0.25) is 5.91 Å². The monoisotopic (exact) mass is 407 g/mol. The van der Waals surface area contributed by atoms with Gasteiger partial charge in [0.05, 0.1) is 19.2 Å². The fourth-order valence-electron chi connectivity index (χ4n) is 2.19. The molecule has 0 heterocycles. The van der Waals surface area contributed by atoms with Crippen molar-refractivity contribution in [2.24, 2.45) is 0 Å². The van der Waals surface area contributed by atoms with Crippen molar-refractivity contribution >= 4 is 17.5 Å². The molecule has 29 heavy (non-hydrogen) atoms. The van der Waals surface area contributed by atoms with Crippen LogP contribution >= 0.6 is 0 Å². The summed E-state index contributed by atoms with van der Waals surface area (Å²) in [6, 6.07) is 11.6. The zero-order valence-electron chi connectivity index (χ0n) is 15.2. The number of halogens is 3. The SMILES string of the molecule is COc1ccc(C(=O)NCC(=O)Nc2ccc(OCC(F)(F)F)c(C#N)c2)cc1. The number of anilines is 1. The topological polar surface area (TPSA) is 100 Å². The number of alkyl halides is 3. The van der Waals surface area contributed by atoms with Gasteiger partial charge in [-0.05, 0) is 42.5 Å². The van der Waals surface area contributed by atoms with E-state index in [4.69, 9.17) is 10.00 Å². The minimum Gasteiger partial charge on any atom is -0.497 e. The first-order valence-electron chi connectivity index (χ1n) is 8.17. The summed E-state index contributed by atoms with van der Waals surface area (Å²) in [6.45, 7) is -1.89. The Kier molecular flexibility index (Phi) is 7.03. The average Bonchev–Trinajstić information content (AvgIpc) is 2.70. The Morgan fingerprint density at radius 2 is 1.83 bits per heavy atom. The van der Waals surface area contributed by atoms with Crippen LogP contribution in [0.15, 0.2) is 42.5 Å². The molecule has 0 saturated carbocycles. The van der Waals surface area contributed by atoms with Crippen LogP contribution in [0.5, 0.6) is 11.5 Å². The number of rotatable bonds is 7. The molecule has 2 aromatic carbocycles. The number of hydrogen-bond acceptors (Lipinski definition) is 5. The molecule has 2 aromatic rings. The highest BCUT2D eigenvalue weighted by Gasteiger charge is 2.28. The standard InChI is InChI=1S/C19H16F3N3O4/c1-28-15-5-2-12(3-6-15)18(27)24-10-17(26)25-14-4-7-16(13(8-14)9-23)29-11-19(20,21)22/h2-8H,10-11H2,1H3,(H,24,27)(H,25,26). The van der Waals surface area contributed by atoms with E-state index in [1.807, 2.05) is 0 Å². The van der Waals surface area contributed by atoms with E-state index >= 15 is 0 Å². The predicted molar refractivity (Wildman–Crippen MR) is 96.7 cm³/mol. The Morgan fingerprint density at radius 1 is 1.14 bits per heavy atom. The summed E-state index contributed by atoms with van der Waals surface area (Å²) in [6.07, 6.45) is -4.54. The highest BCUT2D eigenvalue weighted by atomic mass is 19.4. The van der Waals surface area contributed by atoms with Gasteiger partial charge < -0.3 is 20.1 Å². The van der Waals surface area contributed by atoms with Crippen LogP contribution in [0.2, 0.25) is 0 Å². The molecule has 0 saturated heterocycles.